The van der Waals surface area contributed by atoms with Gasteiger partial charge in [-0.2, -0.15) is 23.4 Å². The van der Waals surface area contributed by atoms with Crippen LogP contribution in [0.4, 0.5) is 13.2 Å². The van der Waals surface area contributed by atoms with Crippen LogP contribution in [-0.2, 0) is 43.9 Å². The summed E-state index contributed by atoms with van der Waals surface area (Å²) in [6, 6.07) is 0. The highest BCUT2D eigenvalue weighted by atomic mass is 35.5. The van der Waals surface area contributed by atoms with Crippen molar-refractivity contribution in [1.82, 2.24) is 24.9 Å². The second kappa shape index (κ2) is 6.53. The van der Waals surface area contributed by atoms with Crippen molar-refractivity contribution in [2.75, 3.05) is 0 Å². The first-order chi connectivity index (χ1) is 11.7. The Morgan fingerprint density at radius 2 is 2.00 bits per heavy atom. The van der Waals surface area contributed by atoms with E-state index < -0.39 is 17.8 Å². The van der Waals surface area contributed by atoms with E-state index in [-0.39, 0.29) is 28.8 Å². The molecule has 25 heavy (non-hydrogen) atoms. The molecule has 2 heterocycles. The number of hydrogen-bond donors (Lipinski definition) is 1. The zero-order valence-electron chi connectivity index (χ0n) is 13.1. The number of rotatable bonds is 4. The molecule has 1 N–H and O–H groups in total. The average Bonchev–Trinajstić information content (AvgIpc) is 3.17. The van der Waals surface area contributed by atoms with E-state index in [2.05, 4.69) is 15.5 Å². The number of amides is 1. The number of aromatic nitrogens is 4. The van der Waals surface area contributed by atoms with Crippen LogP contribution in [0.3, 0.4) is 0 Å². The lowest BCUT2D eigenvalue weighted by Crippen LogP contribution is -2.28. The van der Waals surface area contributed by atoms with Gasteiger partial charge in [-0.25, -0.2) is 0 Å². The van der Waals surface area contributed by atoms with Gasteiger partial charge in [0.2, 0.25) is 5.91 Å². The molecule has 0 radical (unpaired) electrons. The molecular weight excluding hydrogens is 382 g/mol. The van der Waals surface area contributed by atoms with E-state index in [0.29, 0.717) is 30.7 Å². The van der Waals surface area contributed by atoms with Crippen LogP contribution < -0.4 is 5.32 Å². The Hall–Kier alpha value is -1.74. The van der Waals surface area contributed by atoms with Gasteiger partial charge in [0.25, 0.3) is 0 Å². The van der Waals surface area contributed by atoms with Gasteiger partial charge < -0.3 is 5.32 Å². The standard InChI is InChI=1S/C14H14Cl2F3N5O/c1-23-13(16)11(15)8(21-23)5-20-10(25)6-24-9-4-2-3-7(9)12(22-24)14(17,18)19/h2-6H2,1H3,(H,20,25). The van der Waals surface area contributed by atoms with Crippen molar-refractivity contribution in [2.45, 2.75) is 38.5 Å². The maximum Gasteiger partial charge on any atom is 0.435 e. The normalized spacial score (nSPS) is 14.0. The first-order valence-electron chi connectivity index (χ1n) is 7.47. The molecule has 0 spiro atoms. The Morgan fingerprint density at radius 1 is 1.28 bits per heavy atom. The first kappa shape index (κ1) is 18.1. The molecule has 0 aliphatic heterocycles. The van der Waals surface area contributed by atoms with E-state index in [9.17, 15) is 18.0 Å². The Bertz CT molecular complexity index is 828. The zero-order chi connectivity index (χ0) is 18.4. The van der Waals surface area contributed by atoms with Gasteiger partial charge in [-0.1, -0.05) is 23.2 Å². The smallest absolute Gasteiger partial charge is 0.349 e. The first-order valence-corrected chi connectivity index (χ1v) is 8.23. The summed E-state index contributed by atoms with van der Waals surface area (Å²) in [5.41, 5.74) is 0.151. The van der Waals surface area contributed by atoms with E-state index in [1.54, 1.807) is 7.05 Å². The molecule has 0 bridgehead atoms. The highest BCUT2D eigenvalue weighted by Crippen LogP contribution is 2.36. The Labute approximate surface area is 150 Å². The molecule has 0 fully saturated rings. The fourth-order valence-corrected chi connectivity index (χ4v) is 3.26. The van der Waals surface area contributed by atoms with Crippen LogP contribution in [0.25, 0.3) is 0 Å². The summed E-state index contributed by atoms with van der Waals surface area (Å²) in [6.07, 6.45) is -3.09. The lowest BCUT2D eigenvalue weighted by molar-refractivity contribution is -0.142. The van der Waals surface area contributed by atoms with Gasteiger partial charge in [-0.05, 0) is 19.3 Å². The minimum absolute atomic E-state index is 0.0216. The van der Waals surface area contributed by atoms with Gasteiger partial charge >= 0.3 is 6.18 Å². The summed E-state index contributed by atoms with van der Waals surface area (Å²) < 4.78 is 41.6. The van der Waals surface area contributed by atoms with Crippen LogP contribution in [0.15, 0.2) is 0 Å². The summed E-state index contributed by atoms with van der Waals surface area (Å²) >= 11 is 11.9. The number of carbonyl (C=O) groups excluding carboxylic acids is 1. The fraction of sp³-hybridized carbons (Fsp3) is 0.500. The predicted molar refractivity (Wildman–Crippen MR) is 84.3 cm³/mol. The number of carbonyl (C=O) groups is 1. The monoisotopic (exact) mass is 395 g/mol. The summed E-state index contributed by atoms with van der Waals surface area (Å²) in [6.45, 7) is -0.273. The van der Waals surface area contributed by atoms with E-state index in [0.717, 1.165) is 4.68 Å². The molecule has 0 unspecified atom stereocenters. The third-order valence-corrected chi connectivity index (χ3v) is 4.94. The zero-order valence-corrected chi connectivity index (χ0v) is 14.6. The molecule has 11 heteroatoms. The highest BCUT2D eigenvalue weighted by molar-refractivity contribution is 6.41. The second-order valence-electron chi connectivity index (χ2n) is 5.73. The van der Waals surface area contributed by atoms with Gasteiger partial charge in [0.05, 0.1) is 6.54 Å². The summed E-state index contributed by atoms with van der Waals surface area (Å²) in [5, 5.41) is 10.7. The van der Waals surface area contributed by atoms with Gasteiger partial charge in [-0.3, -0.25) is 14.2 Å². The molecule has 3 rings (SSSR count). The largest absolute Gasteiger partial charge is 0.435 e. The maximum absolute atomic E-state index is 13.0. The van der Waals surface area contributed by atoms with Crippen LogP contribution in [0.2, 0.25) is 10.2 Å². The molecular formula is C14H14Cl2F3N5O. The van der Waals surface area contributed by atoms with Gasteiger partial charge in [-0.15, -0.1) is 0 Å². The quantitative estimate of drug-likeness (QED) is 0.865. The highest BCUT2D eigenvalue weighted by Gasteiger charge is 2.40. The molecule has 1 amide bonds. The van der Waals surface area contributed by atoms with Crippen LogP contribution >= 0.6 is 23.2 Å². The van der Waals surface area contributed by atoms with Crippen LogP contribution in [0, 0.1) is 0 Å². The molecule has 0 atom stereocenters. The van der Waals surface area contributed by atoms with Crippen molar-refractivity contribution in [2.24, 2.45) is 7.05 Å². The summed E-state index contributed by atoms with van der Waals surface area (Å²) in [4.78, 5) is 12.1. The number of aryl methyl sites for hydroxylation is 1. The van der Waals surface area contributed by atoms with Crippen molar-refractivity contribution in [3.05, 3.63) is 32.8 Å². The van der Waals surface area contributed by atoms with Gasteiger partial charge in [0, 0.05) is 18.3 Å². The van der Waals surface area contributed by atoms with Crippen LogP contribution in [-0.4, -0.2) is 25.5 Å². The average molecular weight is 396 g/mol. The molecule has 0 aromatic carbocycles. The van der Waals surface area contributed by atoms with E-state index in [4.69, 9.17) is 23.2 Å². The topological polar surface area (TPSA) is 64.7 Å². The predicted octanol–water partition coefficient (Wildman–Crippen LogP) is 2.75. The molecule has 0 saturated carbocycles. The molecule has 6 nitrogen and oxygen atoms in total. The SMILES string of the molecule is Cn1nc(CNC(=O)Cn2nc(C(F)(F)F)c3c2CCC3)c(Cl)c1Cl. The minimum atomic E-state index is -4.52. The van der Waals surface area contributed by atoms with Crippen molar-refractivity contribution >= 4 is 29.1 Å². The third-order valence-electron chi connectivity index (χ3n) is 4.01. The number of alkyl halides is 3. The van der Waals surface area contributed by atoms with Crippen LogP contribution in [0.5, 0.6) is 0 Å². The van der Waals surface area contributed by atoms with Gasteiger partial charge in [0.15, 0.2) is 5.69 Å². The number of halogens is 5. The Balaban J connectivity index is 1.70. The minimum Gasteiger partial charge on any atom is -0.349 e. The Kier molecular flexibility index (Phi) is 4.72. The Morgan fingerprint density at radius 3 is 2.60 bits per heavy atom. The van der Waals surface area contributed by atoms with E-state index >= 15 is 0 Å². The number of fused-ring (bicyclic) bond motifs is 1. The van der Waals surface area contributed by atoms with Crippen molar-refractivity contribution < 1.29 is 18.0 Å². The molecule has 1 aliphatic rings. The van der Waals surface area contributed by atoms with E-state index in [1.807, 2.05) is 0 Å². The molecule has 136 valence electrons. The number of nitrogens with one attached hydrogen (secondary N) is 1. The van der Waals surface area contributed by atoms with Crippen LogP contribution in [0.1, 0.15) is 29.1 Å². The third kappa shape index (κ3) is 3.48. The number of hydrogen-bond acceptors (Lipinski definition) is 3. The molecule has 1 aliphatic carbocycles. The molecule has 0 saturated heterocycles. The molecule has 2 aromatic rings. The number of nitrogens with zero attached hydrogens (tertiary/aromatic N) is 4. The van der Waals surface area contributed by atoms with Gasteiger partial charge in [0.1, 0.15) is 22.4 Å². The maximum atomic E-state index is 13.0. The molecule has 2 aromatic heterocycles. The lowest BCUT2D eigenvalue weighted by Gasteiger charge is -2.07. The summed E-state index contributed by atoms with van der Waals surface area (Å²) in [7, 11) is 1.60. The fourth-order valence-electron chi connectivity index (χ4n) is 2.88. The second-order valence-corrected chi connectivity index (χ2v) is 6.47. The summed E-state index contributed by atoms with van der Waals surface area (Å²) in [5.74, 6) is -0.483. The van der Waals surface area contributed by atoms with Crippen molar-refractivity contribution in [1.29, 1.82) is 0 Å². The van der Waals surface area contributed by atoms with E-state index in [1.165, 1.54) is 4.68 Å². The van der Waals surface area contributed by atoms with Crippen molar-refractivity contribution in [3.63, 3.8) is 0 Å². The lowest BCUT2D eigenvalue weighted by atomic mass is 10.2. The van der Waals surface area contributed by atoms with Crippen molar-refractivity contribution in [3.8, 4) is 0 Å².